The van der Waals surface area contributed by atoms with Crippen molar-refractivity contribution < 1.29 is 9.59 Å². The lowest BCUT2D eigenvalue weighted by Gasteiger charge is -2.34. The van der Waals surface area contributed by atoms with E-state index in [1.807, 2.05) is 27.0 Å². The van der Waals surface area contributed by atoms with E-state index in [1.165, 1.54) is 0 Å². The number of aryl methyl sites for hydroxylation is 1. The number of hydrogen-bond acceptors (Lipinski definition) is 4. The number of nitrogens with zero attached hydrogens (tertiary/aromatic N) is 2. The second-order valence-corrected chi connectivity index (χ2v) is 6.73. The zero-order valence-corrected chi connectivity index (χ0v) is 13.2. The van der Waals surface area contributed by atoms with Crippen LogP contribution in [0.25, 0.3) is 0 Å². The Hall–Kier alpha value is -1.43. The molecule has 1 aromatic rings. The van der Waals surface area contributed by atoms with Crippen LogP contribution < -0.4 is 5.32 Å². The van der Waals surface area contributed by atoms with Gasteiger partial charge in [0, 0.05) is 24.0 Å². The molecule has 2 amide bonds. The smallest absolute Gasteiger partial charge is 0.248 e. The van der Waals surface area contributed by atoms with Crippen LogP contribution >= 0.6 is 11.3 Å². The summed E-state index contributed by atoms with van der Waals surface area (Å²) < 4.78 is 0. The SMILES string of the molecule is CCC1(C)NC(=O)CCN(C(C)c2ncc(C)s2)C1=O. The van der Waals surface area contributed by atoms with Crippen LogP contribution in [-0.4, -0.2) is 33.8 Å². The topological polar surface area (TPSA) is 62.3 Å². The first-order valence-electron chi connectivity index (χ1n) is 6.92. The highest BCUT2D eigenvalue weighted by atomic mass is 32.1. The van der Waals surface area contributed by atoms with Crippen molar-refractivity contribution in [2.45, 2.75) is 52.1 Å². The molecule has 1 aromatic heterocycles. The molecule has 0 aromatic carbocycles. The number of nitrogens with one attached hydrogen (secondary N) is 1. The Morgan fingerprint density at radius 3 is 2.80 bits per heavy atom. The summed E-state index contributed by atoms with van der Waals surface area (Å²) in [4.78, 5) is 31.8. The summed E-state index contributed by atoms with van der Waals surface area (Å²) in [6.45, 7) is 8.13. The van der Waals surface area contributed by atoms with Gasteiger partial charge in [-0.3, -0.25) is 9.59 Å². The predicted molar refractivity (Wildman–Crippen MR) is 78.4 cm³/mol. The van der Waals surface area contributed by atoms with Crippen LogP contribution in [0.15, 0.2) is 6.20 Å². The van der Waals surface area contributed by atoms with Crippen molar-refractivity contribution in [2.24, 2.45) is 0 Å². The van der Waals surface area contributed by atoms with E-state index in [0.29, 0.717) is 19.4 Å². The molecular weight excluding hydrogens is 274 g/mol. The summed E-state index contributed by atoms with van der Waals surface area (Å²) in [7, 11) is 0. The lowest BCUT2D eigenvalue weighted by Crippen LogP contribution is -2.55. The summed E-state index contributed by atoms with van der Waals surface area (Å²) in [5.41, 5.74) is -0.811. The van der Waals surface area contributed by atoms with Gasteiger partial charge in [-0.25, -0.2) is 4.98 Å². The standard InChI is InChI=1S/C14H21N3O2S/c1-5-14(4)13(19)17(7-6-11(18)16-14)10(3)12-15-8-9(2)20-12/h8,10H,5-7H2,1-4H3,(H,16,18). The van der Waals surface area contributed by atoms with Gasteiger partial charge in [0.15, 0.2) is 0 Å². The van der Waals surface area contributed by atoms with Crippen molar-refractivity contribution in [1.29, 1.82) is 0 Å². The zero-order chi connectivity index (χ0) is 14.9. The minimum absolute atomic E-state index is 0.0220. The molecule has 0 radical (unpaired) electrons. The number of carbonyl (C=O) groups excluding carboxylic acids is 2. The number of rotatable bonds is 3. The molecule has 1 fully saturated rings. The lowest BCUT2D eigenvalue weighted by molar-refractivity contribution is -0.140. The van der Waals surface area contributed by atoms with Crippen molar-refractivity contribution in [3.05, 3.63) is 16.1 Å². The maximum absolute atomic E-state index is 12.8. The van der Waals surface area contributed by atoms with Crippen molar-refractivity contribution in [2.75, 3.05) is 6.54 Å². The Morgan fingerprint density at radius 1 is 1.55 bits per heavy atom. The van der Waals surface area contributed by atoms with Gasteiger partial charge in [-0.05, 0) is 27.2 Å². The normalized spacial score (nSPS) is 25.3. The molecule has 2 rings (SSSR count). The van der Waals surface area contributed by atoms with E-state index in [0.717, 1.165) is 9.88 Å². The largest absolute Gasteiger partial charge is 0.342 e. The van der Waals surface area contributed by atoms with Gasteiger partial charge in [-0.1, -0.05) is 6.92 Å². The molecule has 1 N–H and O–H groups in total. The second kappa shape index (κ2) is 5.52. The molecule has 1 aliphatic rings. The van der Waals surface area contributed by atoms with Gasteiger partial charge < -0.3 is 10.2 Å². The fourth-order valence-corrected chi connectivity index (χ4v) is 3.21. The average Bonchev–Trinajstić information content (AvgIpc) is 2.80. The van der Waals surface area contributed by atoms with E-state index < -0.39 is 5.54 Å². The van der Waals surface area contributed by atoms with E-state index in [1.54, 1.807) is 23.2 Å². The Bertz CT molecular complexity index is 528. The van der Waals surface area contributed by atoms with Gasteiger partial charge in [-0.2, -0.15) is 0 Å². The number of aromatic nitrogens is 1. The molecule has 6 heteroatoms. The van der Waals surface area contributed by atoms with Gasteiger partial charge in [0.25, 0.3) is 0 Å². The monoisotopic (exact) mass is 295 g/mol. The van der Waals surface area contributed by atoms with Crippen LogP contribution in [0.3, 0.4) is 0 Å². The first kappa shape index (κ1) is 15.0. The van der Waals surface area contributed by atoms with Crippen molar-refractivity contribution in [1.82, 2.24) is 15.2 Å². The van der Waals surface area contributed by atoms with Crippen LogP contribution in [0.2, 0.25) is 0 Å². The van der Waals surface area contributed by atoms with Crippen LogP contribution in [-0.2, 0) is 9.59 Å². The van der Waals surface area contributed by atoms with Gasteiger partial charge in [-0.15, -0.1) is 11.3 Å². The molecule has 5 nitrogen and oxygen atoms in total. The fraction of sp³-hybridized carbons (Fsp3) is 0.643. The molecule has 0 bridgehead atoms. The van der Waals surface area contributed by atoms with Crippen LogP contribution in [0.4, 0.5) is 0 Å². The third kappa shape index (κ3) is 2.70. The first-order valence-corrected chi connectivity index (χ1v) is 7.73. The molecule has 2 atom stereocenters. The van der Waals surface area contributed by atoms with Crippen molar-refractivity contribution in [3.63, 3.8) is 0 Å². The minimum Gasteiger partial charge on any atom is -0.342 e. The molecule has 1 saturated heterocycles. The highest BCUT2D eigenvalue weighted by Gasteiger charge is 2.41. The number of thiazole rings is 1. The summed E-state index contributed by atoms with van der Waals surface area (Å²) in [6.07, 6.45) is 2.74. The number of amides is 2. The molecule has 0 aliphatic carbocycles. The van der Waals surface area contributed by atoms with Crippen LogP contribution in [0.5, 0.6) is 0 Å². The Kier molecular flexibility index (Phi) is 4.13. The molecule has 20 heavy (non-hydrogen) atoms. The molecule has 2 unspecified atom stereocenters. The van der Waals surface area contributed by atoms with E-state index >= 15 is 0 Å². The van der Waals surface area contributed by atoms with Gasteiger partial charge in [0.1, 0.15) is 10.5 Å². The summed E-state index contributed by atoms with van der Waals surface area (Å²) in [6, 6.07) is -0.0974. The first-order chi connectivity index (χ1) is 9.37. The Morgan fingerprint density at radius 2 is 2.25 bits per heavy atom. The lowest BCUT2D eigenvalue weighted by atomic mass is 9.96. The van der Waals surface area contributed by atoms with Crippen molar-refractivity contribution >= 4 is 23.2 Å². The summed E-state index contributed by atoms with van der Waals surface area (Å²) >= 11 is 1.60. The van der Waals surface area contributed by atoms with E-state index in [-0.39, 0.29) is 17.9 Å². The molecule has 2 heterocycles. The highest BCUT2D eigenvalue weighted by Crippen LogP contribution is 2.29. The van der Waals surface area contributed by atoms with E-state index in [4.69, 9.17) is 0 Å². The quantitative estimate of drug-likeness (QED) is 0.928. The van der Waals surface area contributed by atoms with Crippen molar-refractivity contribution in [3.8, 4) is 0 Å². The average molecular weight is 295 g/mol. The predicted octanol–water partition coefficient (Wildman–Crippen LogP) is 2.03. The number of hydrogen-bond donors (Lipinski definition) is 1. The van der Waals surface area contributed by atoms with Gasteiger partial charge in [0.2, 0.25) is 11.8 Å². The highest BCUT2D eigenvalue weighted by molar-refractivity contribution is 7.11. The molecule has 110 valence electrons. The molecular formula is C14H21N3O2S. The molecule has 1 aliphatic heterocycles. The molecule has 0 saturated carbocycles. The van der Waals surface area contributed by atoms with E-state index in [2.05, 4.69) is 10.3 Å². The zero-order valence-electron chi connectivity index (χ0n) is 12.4. The fourth-order valence-electron chi connectivity index (χ4n) is 2.37. The second-order valence-electron chi connectivity index (χ2n) is 5.47. The molecule has 0 spiro atoms. The van der Waals surface area contributed by atoms with Crippen LogP contribution in [0, 0.1) is 6.92 Å². The maximum Gasteiger partial charge on any atom is 0.248 e. The van der Waals surface area contributed by atoms with Gasteiger partial charge in [0.05, 0.1) is 6.04 Å². The third-order valence-electron chi connectivity index (χ3n) is 3.90. The van der Waals surface area contributed by atoms with Crippen LogP contribution in [0.1, 0.15) is 49.5 Å². The van der Waals surface area contributed by atoms with E-state index in [9.17, 15) is 9.59 Å². The third-order valence-corrected chi connectivity index (χ3v) is 4.98. The Balaban J connectivity index is 2.29. The summed E-state index contributed by atoms with van der Waals surface area (Å²) in [5.74, 6) is -0.0843. The minimum atomic E-state index is -0.811. The summed E-state index contributed by atoms with van der Waals surface area (Å²) in [5, 5.41) is 3.77. The Labute approximate surface area is 123 Å². The van der Waals surface area contributed by atoms with Gasteiger partial charge >= 0.3 is 0 Å². The maximum atomic E-state index is 12.8. The number of carbonyl (C=O) groups is 2.